The van der Waals surface area contributed by atoms with E-state index in [4.69, 9.17) is 16.7 Å². The summed E-state index contributed by atoms with van der Waals surface area (Å²) >= 11 is 6.11. The van der Waals surface area contributed by atoms with Gasteiger partial charge in [0.1, 0.15) is 0 Å². The predicted molar refractivity (Wildman–Crippen MR) is 118 cm³/mol. The first-order chi connectivity index (χ1) is 13.8. The van der Waals surface area contributed by atoms with Crippen molar-refractivity contribution < 1.29 is 0 Å². The monoisotopic (exact) mass is 395 g/mol. The first kappa shape index (κ1) is 19.5. The van der Waals surface area contributed by atoms with E-state index >= 15 is 0 Å². The maximum Gasteiger partial charge on any atom is 0.0739 e. The minimum atomic E-state index is 0.539. The number of benzene rings is 1. The fourth-order valence-electron chi connectivity index (χ4n) is 4.30. The van der Waals surface area contributed by atoms with Crippen molar-refractivity contribution in [1.82, 2.24) is 14.7 Å². The molecule has 1 aromatic carbocycles. The molecule has 1 fully saturated rings. The van der Waals surface area contributed by atoms with E-state index in [1.165, 1.54) is 61.6 Å². The van der Waals surface area contributed by atoms with Crippen LogP contribution < -0.4 is 10.6 Å². The normalized spacial score (nSPS) is 21.6. The van der Waals surface area contributed by atoms with Gasteiger partial charge >= 0.3 is 0 Å². The SMILES string of the molecule is CCCCN1CCC(c2nn(-c3ccc(Cl)cc3)c3/c2=C\C=C\CC/C=3)CC1. The van der Waals surface area contributed by atoms with Crippen LogP contribution in [0.15, 0.2) is 36.4 Å². The van der Waals surface area contributed by atoms with Crippen LogP contribution in [0.25, 0.3) is 17.8 Å². The molecule has 4 heteroatoms. The number of halogens is 1. The highest BCUT2D eigenvalue weighted by atomic mass is 35.5. The second-order valence-corrected chi connectivity index (χ2v) is 8.35. The Morgan fingerprint density at radius 3 is 2.64 bits per heavy atom. The quantitative estimate of drug-likeness (QED) is 0.747. The lowest BCUT2D eigenvalue weighted by molar-refractivity contribution is 0.208. The summed E-state index contributed by atoms with van der Waals surface area (Å²) in [5, 5.41) is 8.44. The summed E-state index contributed by atoms with van der Waals surface area (Å²) in [4.78, 5) is 2.62. The summed E-state index contributed by atoms with van der Waals surface area (Å²) < 4.78 is 2.13. The van der Waals surface area contributed by atoms with Crippen molar-refractivity contribution in [2.45, 2.75) is 51.4 Å². The van der Waals surface area contributed by atoms with Crippen LogP contribution in [0, 0.1) is 0 Å². The van der Waals surface area contributed by atoms with Crippen LogP contribution in [0.4, 0.5) is 0 Å². The standard InChI is InChI=1S/C24H30ClN3/c1-2-3-16-27-17-14-19(15-18-27)24-22-8-6-4-5-7-9-23(22)28(26-24)21-12-10-20(25)11-13-21/h4,6,8-13,19H,2-3,5,7,14-18H2,1H3/b6-4+,22-8+,23-9-. The van der Waals surface area contributed by atoms with Crippen LogP contribution >= 0.6 is 11.6 Å². The molecule has 2 aliphatic rings. The molecule has 0 spiro atoms. The van der Waals surface area contributed by atoms with E-state index < -0.39 is 0 Å². The highest BCUT2D eigenvalue weighted by Gasteiger charge is 2.24. The number of fused-ring (bicyclic) bond motifs is 1. The van der Waals surface area contributed by atoms with Gasteiger partial charge in [0.2, 0.25) is 0 Å². The molecule has 0 radical (unpaired) electrons. The molecule has 1 saturated heterocycles. The number of aromatic nitrogens is 2. The molecule has 0 amide bonds. The molecule has 1 aromatic heterocycles. The lowest BCUT2D eigenvalue weighted by Gasteiger charge is -2.31. The average molecular weight is 396 g/mol. The molecule has 28 heavy (non-hydrogen) atoms. The van der Waals surface area contributed by atoms with Crippen molar-refractivity contribution in [3.8, 4) is 5.69 Å². The molecule has 1 aliphatic heterocycles. The van der Waals surface area contributed by atoms with E-state index in [2.05, 4.69) is 52.9 Å². The Balaban J connectivity index is 1.70. The van der Waals surface area contributed by atoms with Crippen molar-refractivity contribution >= 4 is 23.8 Å². The number of allylic oxidation sites excluding steroid dienone is 2. The molecular formula is C24H30ClN3. The molecule has 0 saturated carbocycles. The Morgan fingerprint density at radius 2 is 1.89 bits per heavy atom. The van der Waals surface area contributed by atoms with Gasteiger partial charge in [-0.05, 0) is 76.0 Å². The Morgan fingerprint density at radius 1 is 1.11 bits per heavy atom. The van der Waals surface area contributed by atoms with Crippen molar-refractivity contribution in [3.05, 3.63) is 57.7 Å². The fraction of sp³-hybridized carbons (Fsp3) is 0.458. The van der Waals surface area contributed by atoms with Crippen LogP contribution in [-0.4, -0.2) is 34.3 Å². The smallest absolute Gasteiger partial charge is 0.0739 e. The van der Waals surface area contributed by atoms with Crippen molar-refractivity contribution in [2.75, 3.05) is 19.6 Å². The Bertz CT molecular complexity index is 931. The molecule has 0 atom stereocenters. The summed E-state index contributed by atoms with van der Waals surface area (Å²) in [6.07, 6.45) is 16.2. The molecule has 2 heterocycles. The summed E-state index contributed by atoms with van der Waals surface area (Å²) in [6.45, 7) is 5.89. The molecular weight excluding hydrogens is 366 g/mol. The molecule has 0 unspecified atom stereocenters. The molecule has 2 aromatic rings. The average Bonchev–Trinajstić information content (AvgIpc) is 3.04. The second kappa shape index (κ2) is 9.11. The summed E-state index contributed by atoms with van der Waals surface area (Å²) in [6, 6.07) is 8.02. The van der Waals surface area contributed by atoms with E-state index in [1.54, 1.807) is 0 Å². The Labute approximate surface area is 173 Å². The molecule has 3 nitrogen and oxygen atoms in total. The van der Waals surface area contributed by atoms with Gasteiger partial charge in [0.15, 0.2) is 0 Å². The zero-order chi connectivity index (χ0) is 19.3. The molecule has 0 N–H and O–H groups in total. The van der Waals surface area contributed by atoms with Crippen LogP contribution in [0.1, 0.15) is 57.1 Å². The molecule has 4 rings (SSSR count). The van der Waals surface area contributed by atoms with Crippen molar-refractivity contribution in [3.63, 3.8) is 0 Å². The third-order valence-electron chi connectivity index (χ3n) is 5.93. The van der Waals surface area contributed by atoms with E-state index in [1.807, 2.05) is 12.1 Å². The van der Waals surface area contributed by atoms with E-state index in [-0.39, 0.29) is 0 Å². The molecule has 1 aliphatic carbocycles. The first-order valence-corrected chi connectivity index (χ1v) is 11.1. The van der Waals surface area contributed by atoms with Gasteiger partial charge in [-0.3, -0.25) is 0 Å². The van der Waals surface area contributed by atoms with Crippen LogP contribution in [-0.2, 0) is 0 Å². The summed E-state index contributed by atoms with van der Waals surface area (Å²) in [5.41, 5.74) is 2.35. The minimum absolute atomic E-state index is 0.539. The third kappa shape index (κ3) is 4.26. The number of rotatable bonds is 5. The maximum atomic E-state index is 6.11. The maximum absolute atomic E-state index is 6.11. The number of piperidine rings is 1. The number of hydrogen-bond acceptors (Lipinski definition) is 2. The van der Waals surface area contributed by atoms with Crippen molar-refractivity contribution in [1.29, 1.82) is 0 Å². The second-order valence-electron chi connectivity index (χ2n) is 7.92. The van der Waals surface area contributed by atoms with Crippen LogP contribution in [0.2, 0.25) is 5.02 Å². The minimum Gasteiger partial charge on any atom is -0.303 e. The number of nitrogens with zero attached hydrogens (tertiary/aromatic N) is 3. The lowest BCUT2D eigenvalue weighted by atomic mass is 9.92. The van der Waals surface area contributed by atoms with Gasteiger partial charge in [-0.2, -0.15) is 5.10 Å². The van der Waals surface area contributed by atoms with E-state index in [9.17, 15) is 0 Å². The van der Waals surface area contributed by atoms with Crippen LogP contribution in [0.3, 0.4) is 0 Å². The topological polar surface area (TPSA) is 21.1 Å². The largest absolute Gasteiger partial charge is 0.303 e. The number of hydrogen-bond donors (Lipinski definition) is 0. The van der Waals surface area contributed by atoms with E-state index in [0.29, 0.717) is 5.92 Å². The number of likely N-dealkylation sites (tertiary alicyclic amines) is 1. The summed E-state index contributed by atoms with van der Waals surface area (Å²) in [5.74, 6) is 0.539. The zero-order valence-electron chi connectivity index (χ0n) is 16.8. The highest BCUT2D eigenvalue weighted by Crippen LogP contribution is 2.25. The fourth-order valence-corrected chi connectivity index (χ4v) is 4.42. The zero-order valence-corrected chi connectivity index (χ0v) is 17.5. The first-order valence-electron chi connectivity index (χ1n) is 10.7. The third-order valence-corrected chi connectivity index (χ3v) is 6.18. The molecule has 0 bridgehead atoms. The molecule has 148 valence electrons. The van der Waals surface area contributed by atoms with E-state index in [0.717, 1.165) is 23.6 Å². The van der Waals surface area contributed by atoms with Gasteiger partial charge in [0.25, 0.3) is 0 Å². The number of unbranched alkanes of at least 4 members (excludes halogenated alkanes) is 1. The Kier molecular flexibility index (Phi) is 6.33. The van der Waals surface area contributed by atoms with Gasteiger partial charge < -0.3 is 4.90 Å². The lowest BCUT2D eigenvalue weighted by Crippen LogP contribution is -2.36. The van der Waals surface area contributed by atoms with Gasteiger partial charge in [-0.25, -0.2) is 4.68 Å². The van der Waals surface area contributed by atoms with Gasteiger partial charge in [0, 0.05) is 16.2 Å². The van der Waals surface area contributed by atoms with Crippen molar-refractivity contribution in [2.24, 2.45) is 0 Å². The van der Waals surface area contributed by atoms with Gasteiger partial charge in [-0.15, -0.1) is 0 Å². The van der Waals surface area contributed by atoms with Gasteiger partial charge in [-0.1, -0.05) is 49.2 Å². The summed E-state index contributed by atoms with van der Waals surface area (Å²) in [7, 11) is 0. The van der Waals surface area contributed by atoms with Gasteiger partial charge in [0.05, 0.1) is 16.7 Å². The highest BCUT2D eigenvalue weighted by molar-refractivity contribution is 6.30. The van der Waals surface area contributed by atoms with Crippen LogP contribution in [0.5, 0.6) is 0 Å². The Hall–Kier alpha value is -1.84. The predicted octanol–water partition coefficient (Wildman–Crippen LogP) is 4.42.